The third kappa shape index (κ3) is 3.81. The van der Waals surface area contributed by atoms with Crippen molar-refractivity contribution in [1.29, 1.82) is 0 Å². The van der Waals surface area contributed by atoms with Gasteiger partial charge in [-0.3, -0.25) is 4.79 Å². The molecule has 0 atom stereocenters. The van der Waals surface area contributed by atoms with Gasteiger partial charge in [0.2, 0.25) is 0 Å². The van der Waals surface area contributed by atoms with Crippen LogP contribution in [-0.4, -0.2) is 5.78 Å². The van der Waals surface area contributed by atoms with Crippen molar-refractivity contribution in [2.45, 2.75) is 27.7 Å². The van der Waals surface area contributed by atoms with E-state index >= 15 is 0 Å². The lowest BCUT2D eigenvalue weighted by Crippen LogP contribution is -2.15. The molecule has 0 saturated heterocycles. The molecule has 50 valence electrons. The van der Waals surface area contributed by atoms with E-state index < -0.39 is 0 Å². The first kappa shape index (κ1) is 10.6. The van der Waals surface area contributed by atoms with Crippen LogP contribution in [0.15, 0.2) is 0 Å². The van der Waals surface area contributed by atoms with Gasteiger partial charge < -0.3 is 6.15 Å². The van der Waals surface area contributed by atoms with Crippen LogP contribution in [0.4, 0.5) is 0 Å². The second kappa shape index (κ2) is 2.82. The molecule has 0 rings (SSSR count). The summed E-state index contributed by atoms with van der Waals surface area (Å²) in [6.07, 6.45) is 0. The predicted octanol–water partition coefficient (Wildman–Crippen LogP) is 1.78. The molecule has 2 heteroatoms. The Balaban J connectivity index is 0. The van der Waals surface area contributed by atoms with Gasteiger partial charge in [-0.1, -0.05) is 20.8 Å². The van der Waals surface area contributed by atoms with Crippen molar-refractivity contribution < 1.29 is 4.79 Å². The van der Waals surface area contributed by atoms with Crippen LogP contribution in [0.25, 0.3) is 0 Å². The molecule has 0 aromatic rings. The molecule has 0 fully saturated rings. The van der Waals surface area contributed by atoms with Gasteiger partial charge in [-0.25, -0.2) is 0 Å². The molecule has 3 N–H and O–H groups in total. The van der Waals surface area contributed by atoms with E-state index in [9.17, 15) is 4.79 Å². The lowest BCUT2D eigenvalue weighted by Gasteiger charge is -2.11. The average Bonchev–Trinajstić information content (AvgIpc) is 1.31. The summed E-state index contributed by atoms with van der Waals surface area (Å²) in [5.41, 5.74) is -0.139. The Morgan fingerprint density at radius 2 is 1.38 bits per heavy atom. The Labute approximate surface area is 50.9 Å². The van der Waals surface area contributed by atoms with Gasteiger partial charge in [-0.2, -0.15) is 0 Å². The van der Waals surface area contributed by atoms with E-state index in [1.165, 1.54) is 0 Å². The number of carbonyl (C=O) groups excluding carboxylic acids is 1. The highest BCUT2D eigenvalue weighted by Gasteiger charge is 2.14. The van der Waals surface area contributed by atoms with Crippen molar-refractivity contribution in [3.63, 3.8) is 0 Å². The van der Waals surface area contributed by atoms with Crippen molar-refractivity contribution in [2.75, 3.05) is 0 Å². The molecular weight excluding hydrogens is 102 g/mol. The third-order valence-electron chi connectivity index (χ3n) is 1.06. The minimum atomic E-state index is -0.139. The van der Waals surface area contributed by atoms with Crippen LogP contribution in [0.1, 0.15) is 27.7 Å². The molecule has 0 aliphatic carbocycles. The zero-order chi connectivity index (χ0) is 6.08. The molecule has 0 aromatic carbocycles. The molecule has 0 bridgehead atoms. The Kier molecular flexibility index (Phi) is 3.73. The molecule has 2 nitrogen and oxygen atoms in total. The van der Waals surface area contributed by atoms with E-state index in [4.69, 9.17) is 0 Å². The molecular formula is C6H15NO. The van der Waals surface area contributed by atoms with Crippen molar-refractivity contribution in [2.24, 2.45) is 5.41 Å². The first-order valence-corrected chi connectivity index (χ1v) is 2.45. The average molecular weight is 117 g/mol. The molecule has 0 aliphatic heterocycles. The molecule has 0 radical (unpaired) electrons. The summed E-state index contributed by atoms with van der Waals surface area (Å²) in [6, 6.07) is 0. The molecule has 0 aromatic heterocycles. The Morgan fingerprint density at radius 3 is 1.38 bits per heavy atom. The highest BCUT2D eigenvalue weighted by Crippen LogP contribution is 2.12. The maximum Gasteiger partial charge on any atom is 0.135 e. The van der Waals surface area contributed by atoms with Crippen LogP contribution >= 0.6 is 0 Å². The summed E-state index contributed by atoms with van der Waals surface area (Å²) in [4.78, 5) is 10.5. The maximum atomic E-state index is 10.5. The number of carbonyl (C=O) groups is 1. The minimum Gasteiger partial charge on any atom is -0.344 e. The fraction of sp³-hybridized carbons (Fsp3) is 0.833. The predicted molar refractivity (Wildman–Crippen MR) is 35.2 cm³/mol. The molecule has 0 spiro atoms. The van der Waals surface area contributed by atoms with Gasteiger partial charge in [0.05, 0.1) is 0 Å². The van der Waals surface area contributed by atoms with E-state index in [2.05, 4.69) is 0 Å². The number of hydrogen-bond donors (Lipinski definition) is 1. The topological polar surface area (TPSA) is 52.1 Å². The molecule has 8 heavy (non-hydrogen) atoms. The monoisotopic (exact) mass is 117 g/mol. The molecule has 0 unspecified atom stereocenters. The second-order valence-electron chi connectivity index (χ2n) is 2.81. The van der Waals surface area contributed by atoms with E-state index in [1.54, 1.807) is 6.92 Å². The number of rotatable bonds is 0. The number of ketones is 1. The summed E-state index contributed by atoms with van der Waals surface area (Å²) in [5, 5.41) is 0. The van der Waals surface area contributed by atoms with Gasteiger partial charge in [-0.15, -0.1) is 0 Å². The van der Waals surface area contributed by atoms with Crippen LogP contribution in [0.2, 0.25) is 0 Å². The van der Waals surface area contributed by atoms with Crippen molar-refractivity contribution in [3.8, 4) is 0 Å². The first-order chi connectivity index (χ1) is 2.94. The van der Waals surface area contributed by atoms with Crippen LogP contribution in [0, 0.1) is 5.41 Å². The zero-order valence-electron chi connectivity index (χ0n) is 6.12. The molecule has 0 aliphatic rings. The summed E-state index contributed by atoms with van der Waals surface area (Å²) >= 11 is 0. The largest absolute Gasteiger partial charge is 0.344 e. The van der Waals surface area contributed by atoms with E-state index in [-0.39, 0.29) is 17.3 Å². The summed E-state index contributed by atoms with van der Waals surface area (Å²) in [6.45, 7) is 7.35. The standard InChI is InChI=1S/C6H12O.H3N/c1-5(7)6(2,3)4;/h1-4H3;1H3. The fourth-order valence-corrected chi connectivity index (χ4v) is 0. The maximum absolute atomic E-state index is 10.5. The Morgan fingerprint density at radius 1 is 1.25 bits per heavy atom. The third-order valence-corrected chi connectivity index (χ3v) is 1.06. The summed E-state index contributed by atoms with van der Waals surface area (Å²) in [5.74, 6) is 0.243. The van der Waals surface area contributed by atoms with E-state index in [0.717, 1.165) is 0 Å². The van der Waals surface area contributed by atoms with E-state index in [1.807, 2.05) is 20.8 Å². The normalized spacial score (nSPS) is 10.0. The Bertz CT molecular complexity index is 81.0. The number of Topliss-reactive ketones (excluding diaryl/α,β-unsaturated/α-hetero) is 1. The van der Waals surface area contributed by atoms with Crippen LogP contribution in [0.3, 0.4) is 0 Å². The van der Waals surface area contributed by atoms with Crippen LogP contribution in [0.5, 0.6) is 0 Å². The highest BCUT2D eigenvalue weighted by atomic mass is 16.1. The Hall–Kier alpha value is -0.370. The number of hydrogen-bond acceptors (Lipinski definition) is 2. The fourth-order valence-electron chi connectivity index (χ4n) is 0. The molecule has 0 amide bonds. The molecule has 0 heterocycles. The SMILES string of the molecule is CC(=O)C(C)(C)C.N. The highest BCUT2D eigenvalue weighted by molar-refractivity contribution is 5.80. The van der Waals surface area contributed by atoms with Crippen molar-refractivity contribution in [1.82, 2.24) is 6.15 Å². The first-order valence-electron chi connectivity index (χ1n) is 2.45. The van der Waals surface area contributed by atoms with Gasteiger partial charge >= 0.3 is 0 Å². The van der Waals surface area contributed by atoms with Gasteiger partial charge in [0, 0.05) is 5.41 Å². The quantitative estimate of drug-likeness (QED) is 0.525. The van der Waals surface area contributed by atoms with Crippen LogP contribution in [-0.2, 0) is 4.79 Å². The molecule has 0 saturated carbocycles. The zero-order valence-corrected chi connectivity index (χ0v) is 6.12. The van der Waals surface area contributed by atoms with Gasteiger partial charge in [0.1, 0.15) is 5.78 Å². The minimum absolute atomic E-state index is 0. The van der Waals surface area contributed by atoms with Gasteiger partial charge in [0.25, 0.3) is 0 Å². The summed E-state index contributed by atoms with van der Waals surface area (Å²) < 4.78 is 0. The van der Waals surface area contributed by atoms with Crippen LogP contribution < -0.4 is 6.15 Å². The van der Waals surface area contributed by atoms with E-state index in [0.29, 0.717) is 0 Å². The van der Waals surface area contributed by atoms with Crippen molar-refractivity contribution >= 4 is 5.78 Å². The second-order valence-corrected chi connectivity index (χ2v) is 2.81. The summed E-state index contributed by atoms with van der Waals surface area (Å²) in [7, 11) is 0. The lowest BCUT2D eigenvalue weighted by molar-refractivity contribution is -0.124. The van der Waals surface area contributed by atoms with Gasteiger partial charge in [-0.05, 0) is 6.92 Å². The smallest absolute Gasteiger partial charge is 0.135 e. The lowest BCUT2D eigenvalue weighted by atomic mass is 9.92. The van der Waals surface area contributed by atoms with Gasteiger partial charge in [0.15, 0.2) is 0 Å². The van der Waals surface area contributed by atoms with Crippen molar-refractivity contribution in [3.05, 3.63) is 0 Å².